The molecule has 27 heavy (non-hydrogen) atoms. The molecule has 0 unspecified atom stereocenters. The molecule has 0 bridgehead atoms. The molecule has 1 saturated heterocycles. The zero-order valence-electron chi connectivity index (χ0n) is 16.1. The second-order valence-corrected chi connectivity index (χ2v) is 7.58. The molecular formula is C22H26N4O. The number of hydrogen-bond donors (Lipinski definition) is 0. The number of amides is 1. The van der Waals surface area contributed by atoms with Gasteiger partial charge < -0.3 is 4.90 Å². The summed E-state index contributed by atoms with van der Waals surface area (Å²) in [5.41, 5.74) is 3.74. The van der Waals surface area contributed by atoms with Gasteiger partial charge >= 0.3 is 0 Å². The van der Waals surface area contributed by atoms with E-state index in [0.717, 1.165) is 66.6 Å². The van der Waals surface area contributed by atoms with Crippen LogP contribution in [0.5, 0.6) is 0 Å². The van der Waals surface area contributed by atoms with E-state index < -0.39 is 0 Å². The maximum atomic E-state index is 13.2. The van der Waals surface area contributed by atoms with Crippen molar-refractivity contribution in [3.8, 4) is 0 Å². The van der Waals surface area contributed by atoms with Gasteiger partial charge in [0.05, 0.1) is 11.1 Å². The number of carbonyl (C=O) groups excluding carboxylic acids is 1. The fraction of sp³-hybridized carbons (Fsp3) is 0.409. The summed E-state index contributed by atoms with van der Waals surface area (Å²) >= 11 is 0. The number of piperidine rings is 1. The van der Waals surface area contributed by atoms with Crippen molar-refractivity contribution in [1.82, 2.24) is 19.7 Å². The lowest BCUT2D eigenvalue weighted by Gasteiger charge is -2.32. The molecule has 0 N–H and O–H groups in total. The molecule has 0 radical (unpaired) electrons. The molecule has 1 aromatic carbocycles. The summed E-state index contributed by atoms with van der Waals surface area (Å²) in [5.74, 6) is 0.804. The van der Waals surface area contributed by atoms with E-state index in [1.807, 2.05) is 66.2 Å². The highest BCUT2D eigenvalue weighted by atomic mass is 16.2. The average molecular weight is 362 g/mol. The van der Waals surface area contributed by atoms with Crippen LogP contribution in [0, 0.1) is 19.8 Å². The monoisotopic (exact) mass is 362 g/mol. The Hall–Kier alpha value is -2.69. The molecule has 2 aromatic heterocycles. The number of rotatable bonds is 4. The van der Waals surface area contributed by atoms with Crippen LogP contribution in [0.15, 0.2) is 42.7 Å². The van der Waals surface area contributed by atoms with Gasteiger partial charge in [-0.3, -0.25) is 14.5 Å². The van der Waals surface area contributed by atoms with Crippen LogP contribution in [-0.2, 0) is 6.54 Å². The van der Waals surface area contributed by atoms with E-state index in [9.17, 15) is 4.79 Å². The molecular weight excluding hydrogens is 336 g/mol. The Kier molecular flexibility index (Phi) is 4.92. The first-order valence-corrected chi connectivity index (χ1v) is 9.75. The van der Waals surface area contributed by atoms with Crippen molar-refractivity contribution >= 4 is 16.8 Å². The highest BCUT2D eigenvalue weighted by Gasteiger charge is 2.25. The topological polar surface area (TPSA) is 51.0 Å². The van der Waals surface area contributed by atoms with Crippen molar-refractivity contribution in [2.75, 3.05) is 13.1 Å². The zero-order chi connectivity index (χ0) is 18.8. The predicted molar refractivity (Wildman–Crippen MR) is 107 cm³/mol. The van der Waals surface area contributed by atoms with Crippen LogP contribution < -0.4 is 0 Å². The summed E-state index contributed by atoms with van der Waals surface area (Å²) in [6.45, 7) is 6.63. The SMILES string of the molecule is Cc1cc(C(=O)N2CCC(CCn3cccn3)CC2)c2cccc(C)c2n1. The molecule has 0 saturated carbocycles. The Morgan fingerprint density at radius 1 is 1.19 bits per heavy atom. The first-order chi connectivity index (χ1) is 13.1. The summed E-state index contributed by atoms with van der Waals surface area (Å²) < 4.78 is 1.99. The normalized spacial score (nSPS) is 15.4. The number of aromatic nitrogens is 3. The zero-order valence-corrected chi connectivity index (χ0v) is 16.1. The van der Waals surface area contributed by atoms with Crippen molar-refractivity contribution < 1.29 is 4.79 Å². The van der Waals surface area contributed by atoms with Gasteiger partial charge in [0.1, 0.15) is 0 Å². The molecule has 4 rings (SSSR count). The van der Waals surface area contributed by atoms with Gasteiger partial charge in [0.25, 0.3) is 5.91 Å². The third-order valence-corrected chi connectivity index (χ3v) is 5.63. The van der Waals surface area contributed by atoms with Crippen molar-refractivity contribution in [2.45, 2.75) is 39.7 Å². The van der Waals surface area contributed by atoms with Crippen molar-refractivity contribution in [3.05, 3.63) is 59.5 Å². The van der Waals surface area contributed by atoms with Crippen molar-refractivity contribution in [2.24, 2.45) is 5.92 Å². The van der Waals surface area contributed by atoms with Crippen LogP contribution >= 0.6 is 0 Å². The van der Waals surface area contributed by atoms with Gasteiger partial charge in [-0.1, -0.05) is 18.2 Å². The number of likely N-dealkylation sites (tertiary alicyclic amines) is 1. The Labute approximate surface area is 160 Å². The second-order valence-electron chi connectivity index (χ2n) is 7.58. The highest BCUT2D eigenvalue weighted by molar-refractivity contribution is 6.06. The molecule has 1 fully saturated rings. The number of fused-ring (bicyclic) bond motifs is 1. The standard InChI is InChI=1S/C22H26N4O/c1-16-5-3-6-19-20(15-17(2)24-21(16)19)22(27)25-12-7-18(8-13-25)9-14-26-11-4-10-23-26/h3-6,10-11,15,18H,7-9,12-14H2,1-2H3. The molecule has 1 aliphatic heterocycles. The van der Waals surface area contributed by atoms with Crippen LogP contribution in [0.1, 0.15) is 40.9 Å². The van der Waals surface area contributed by atoms with Crippen LogP contribution in [-0.4, -0.2) is 38.7 Å². The van der Waals surface area contributed by atoms with Gasteiger partial charge in [-0.2, -0.15) is 5.10 Å². The summed E-state index contributed by atoms with van der Waals surface area (Å²) in [6.07, 6.45) is 7.09. The van der Waals surface area contributed by atoms with E-state index in [-0.39, 0.29) is 5.91 Å². The molecule has 140 valence electrons. The first kappa shape index (κ1) is 17.7. The van der Waals surface area contributed by atoms with Gasteiger partial charge in [0.15, 0.2) is 0 Å². The molecule has 5 heteroatoms. The van der Waals surface area contributed by atoms with Crippen LogP contribution in [0.25, 0.3) is 10.9 Å². The van der Waals surface area contributed by atoms with E-state index in [4.69, 9.17) is 0 Å². The summed E-state index contributed by atoms with van der Waals surface area (Å²) in [6, 6.07) is 9.97. The largest absolute Gasteiger partial charge is 0.339 e. The minimum absolute atomic E-state index is 0.140. The number of para-hydroxylation sites is 1. The van der Waals surface area contributed by atoms with Crippen LogP contribution in [0.4, 0.5) is 0 Å². The predicted octanol–water partition coefficient (Wildman–Crippen LogP) is 3.99. The molecule has 1 amide bonds. The Morgan fingerprint density at radius 3 is 2.74 bits per heavy atom. The summed E-state index contributed by atoms with van der Waals surface area (Å²) in [7, 11) is 0. The van der Waals surface area contributed by atoms with Gasteiger partial charge in [-0.25, -0.2) is 0 Å². The molecule has 0 aliphatic carbocycles. The number of benzene rings is 1. The third-order valence-electron chi connectivity index (χ3n) is 5.63. The molecule has 0 spiro atoms. The Bertz CT molecular complexity index is 940. The van der Waals surface area contributed by atoms with Gasteiger partial charge in [0.2, 0.25) is 0 Å². The number of pyridine rings is 1. The van der Waals surface area contributed by atoms with E-state index in [2.05, 4.69) is 10.1 Å². The fourth-order valence-corrected chi connectivity index (χ4v) is 4.04. The lowest BCUT2D eigenvalue weighted by atomic mass is 9.93. The lowest BCUT2D eigenvalue weighted by Crippen LogP contribution is -2.38. The maximum absolute atomic E-state index is 13.2. The third kappa shape index (κ3) is 3.72. The van der Waals surface area contributed by atoms with E-state index in [1.54, 1.807) is 0 Å². The van der Waals surface area contributed by atoms with Crippen LogP contribution in [0.2, 0.25) is 0 Å². The Morgan fingerprint density at radius 2 is 2.00 bits per heavy atom. The molecule has 1 aliphatic rings. The lowest BCUT2D eigenvalue weighted by molar-refractivity contribution is 0.0686. The molecule has 5 nitrogen and oxygen atoms in total. The quantitative estimate of drug-likeness (QED) is 0.705. The second kappa shape index (κ2) is 7.51. The summed E-state index contributed by atoms with van der Waals surface area (Å²) in [4.78, 5) is 19.9. The number of carbonyl (C=O) groups is 1. The first-order valence-electron chi connectivity index (χ1n) is 9.75. The van der Waals surface area contributed by atoms with E-state index >= 15 is 0 Å². The molecule has 0 atom stereocenters. The number of nitrogens with zero attached hydrogens (tertiary/aromatic N) is 4. The smallest absolute Gasteiger partial charge is 0.254 e. The maximum Gasteiger partial charge on any atom is 0.254 e. The highest BCUT2D eigenvalue weighted by Crippen LogP contribution is 2.26. The minimum atomic E-state index is 0.140. The van der Waals surface area contributed by atoms with Gasteiger partial charge in [0, 0.05) is 43.1 Å². The van der Waals surface area contributed by atoms with Crippen LogP contribution in [0.3, 0.4) is 0 Å². The Balaban J connectivity index is 1.45. The average Bonchev–Trinajstić information content (AvgIpc) is 3.20. The minimum Gasteiger partial charge on any atom is -0.339 e. The summed E-state index contributed by atoms with van der Waals surface area (Å²) in [5, 5.41) is 5.24. The van der Waals surface area contributed by atoms with E-state index in [0.29, 0.717) is 5.92 Å². The molecule has 3 aromatic rings. The number of aryl methyl sites for hydroxylation is 3. The molecule has 3 heterocycles. The van der Waals surface area contributed by atoms with Gasteiger partial charge in [-0.05, 0) is 56.7 Å². The fourth-order valence-electron chi connectivity index (χ4n) is 4.04. The van der Waals surface area contributed by atoms with Crippen molar-refractivity contribution in [1.29, 1.82) is 0 Å². The van der Waals surface area contributed by atoms with Gasteiger partial charge in [-0.15, -0.1) is 0 Å². The number of hydrogen-bond acceptors (Lipinski definition) is 3. The van der Waals surface area contributed by atoms with Crippen molar-refractivity contribution in [3.63, 3.8) is 0 Å². The van der Waals surface area contributed by atoms with E-state index in [1.165, 1.54) is 0 Å².